The third kappa shape index (κ3) is 2.68. The van der Waals surface area contributed by atoms with E-state index >= 15 is 0 Å². The molecule has 19 heavy (non-hydrogen) atoms. The van der Waals surface area contributed by atoms with Crippen molar-refractivity contribution in [3.63, 3.8) is 0 Å². The first-order valence-electron chi connectivity index (χ1n) is 5.22. The second-order valence-electron chi connectivity index (χ2n) is 3.56. The maximum atomic E-state index is 8.66. The molecule has 2 heterocycles. The van der Waals surface area contributed by atoms with Gasteiger partial charge in [-0.3, -0.25) is 0 Å². The van der Waals surface area contributed by atoms with Crippen molar-refractivity contribution < 1.29 is 0 Å². The van der Waals surface area contributed by atoms with Crippen LogP contribution in [0.1, 0.15) is 5.69 Å². The van der Waals surface area contributed by atoms with Crippen LogP contribution in [0.4, 0.5) is 0 Å². The van der Waals surface area contributed by atoms with Gasteiger partial charge in [0.05, 0.1) is 10.2 Å². The Morgan fingerprint density at radius 2 is 2.11 bits per heavy atom. The highest BCUT2D eigenvalue weighted by molar-refractivity contribution is 8.01. The molecule has 2 aromatic heterocycles. The highest BCUT2D eigenvalue weighted by atomic mass is 35.5. The molecule has 0 aliphatic heterocycles. The molecule has 0 fully saturated rings. The molecule has 4 nitrogen and oxygen atoms in total. The molecule has 0 bridgehead atoms. The van der Waals surface area contributed by atoms with Gasteiger partial charge in [0, 0.05) is 5.02 Å². The smallest absolute Gasteiger partial charge is 0.163 e. The zero-order valence-corrected chi connectivity index (χ0v) is 11.8. The van der Waals surface area contributed by atoms with Gasteiger partial charge in [-0.15, -0.1) is 21.5 Å². The lowest BCUT2D eigenvalue weighted by Gasteiger charge is -1.94. The quantitative estimate of drug-likeness (QED) is 0.721. The average Bonchev–Trinajstić information content (AvgIpc) is 2.81. The van der Waals surface area contributed by atoms with E-state index in [0.717, 1.165) is 14.6 Å². The Balaban J connectivity index is 1.90. The number of nitriles is 1. The molecule has 0 atom stereocenters. The normalized spacial score (nSPS) is 10.5. The van der Waals surface area contributed by atoms with Crippen molar-refractivity contribution >= 4 is 44.9 Å². The molecule has 0 saturated carbocycles. The fourth-order valence-corrected chi connectivity index (χ4v) is 3.52. The minimum Gasteiger partial charge on any atom is -0.229 e. The summed E-state index contributed by atoms with van der Waals surface area (Å²) in [6.07, 6.45) is 0. The minimum absolute atomic E-state index is 0.306. The SMILES string of the molecule is N#Cc1ccc(Sc2nc3cc(Cl)ccc3s2)nn1. The Bertz CT molecular complexity index is 777. The molecule has 0 saturated heterocycles. The van der Waals surface area contributed by atoms with Crippen LogP contribution in [0.15, 0.2) is 39.7 Å². The number of thiazole rings is 1. The fraction of sp³-hybridized carbons (Fsp3) is 0. The summed E-state index contributed by atoms with van der Waals surface area (Å²) in [5.74, 6) is 0. The van der Waals surface area contributed by atoms with Crippen LogP contribution in [0.2, 0.25) is 5.02 Å². The number of rotatable bonds is 2. The molecule has 92 valence electrons. The van der Waals surface area contributed by atoms with Gasteiger partial charge in [0.1, 0.15) is 11.1 Å². The van der Waals surface area contributed by atoms with Gasteiger partial charge in [-0.1, -0.05) is 11.6 Å². The summed E-state index contributed by atoms with van der Waals surface area (Å²) in [5, 5.41) is 17.8. The van der Waals surface area contributed by atoms with Crippen LogP contribution in [-0.4, -0.2) is 15.2 Å². The Morgan fingerprint density at radius 1 is 1.21 bits per heavy atom. The van der Waals surface area contributed by atoms with Crippen LogP contribution in [-0.2, 0) is 0 Å². The summed E-state index contributed by atoms with van der Waals surface area (Å²) >= 11 is 8.92. The second kappa shape index (κ2) is 5.13. The Kier molecular flexibility index (Phi) is 3.34. The van der Waals surface area contributed by atoms with Crippen molar-refractivity contribution in [3.8, 4) is 6.07 Å². The van der Waals surface area contributed by atoms with E-state index < -0.39 is 0 Å². The largest absolute Gasteiger partial charge is 0.229 e. The Hall–Kier alpha value is -1.68. The molecule has 0 aliphatic rings. The summed E-state index contributed by atoms with van der Waals surface area (Å²) in [4.78, 5) is 4.48. The van der Waals surface area contributed by atoms with Crippen LogP contribution >= 0.6 is 34.7 Å². The maximum absolute atomic E-state index is 8.66. The lowest BCUT2D eigenvalue weighted by atomic mass is 10.3. The second-order valence-corrected chi connectivity index (χ2v) is 6.30. The minimum atomic E-state index is 0.306. The first-order valence-corrected chi connectivity index (χ1v) is 7.23. The zero-order chi connectivity index (χ0) is 13.2. The number of halogens is 1. The van der Waals surface area contributed by atoms with Crippen LogP contribution in [0.3, 0.4) is 0 Å². The third-order valence-electron chi connectivity index (χ3n) is 2.28. The van der Waals surface area contributed by atoms with Crippen molar-refractivity contribution in [1.82, 2.24) is 15.2 Å². The van der Waals surface area contributed by atoms with Gasteiger partial charge < -0.3 is 0 Å². The molecular weight excluding hydrogens is 300 g/mol. The van der Waals surface area contributed by atoms with Crippen LogP contribution in [0, 0.1) is 11.3 Å². The monoisotopic (exact) mass is 304 g/mol. The lowest BCUT2D eigenvalue weighted by molar-refractivity contribution is 0.915. The summed E-state index contributed by atoms with van der Waals surface area (Å²) in [5.41, 5.74) is 1.18. The molecule has 7 heteroatoms. The van der Waals surface area contributed by atoms with Gasteiger partial charge in [0.2, 0.25) is 0 Å². The summed E-state index contributed by atoms with van der Waals surface area (Å²) in [6.45, 7) is 0. The van der Waals surface area contributed by atoms with E-state index in [0.29, 0.717) is 15.7 Å². The molecule has 3 rings (SSSR count). The number of benzene rings is 1. The van der Waals surface area contributed by atoms with E-state index in [1.54, 1.807) is 23.5 Å². The lowest BCUT2D eigenvalue weighted by Crippen LogP contribution is -1.88. The molecule has 0 unspecified atom stereocenters. The van der Waals surface area contributed by atoms with E-state index in [-0.39, 0.29) is 0 Å². The highest BCUT2D eigenvalue weighted by Crippen LogP contribution is 2.34. The molecular formula is C12H5ClN4S2. The van der Waals surface area contributed by atoms with Crippen LogP contribution in [0.25, 0.3) is 10.2 Å². The number of nitrogens with zero attached hydrogens (tertiary/aromatic N) is 4. The molecule has 1 aromatic carbocycles. The average molecular weight is 305 g/mol. The zero-order valence-electron chi connectivity index (χ0n) is 9.37. The molecule has 0 amide bonds. The van der Waals surface area contributed by atoms with Crippen molar-refractivity contribution in [1.29, 1.82) is 5.26 Å². The van der Waals surface area contributed by atoms with E-state index in [4.69, 9.17) is 16.9 Å². The number of fused-ring (bicyclic) bond motifs is 1. The van der Waals surface area contributed by atoms with Crippen molar-refractivity contribution in [2.45, 2.75) is 9.37 Å². The van der Waals surface area contributed by atoms with E-state index in [1.165, 1.54) is 11.8 Å². The molecule has 3 aromatic rings. The Morgan fingerprint density at radius 3 is 2.84 bits per heavy atom. The predicted octanol–water partition coefficient (Wildman–Crippen LogP) is 3.76. The highest BCUT2D eigenvalue weighted by Gasteiger charge is 2.07. The van der Waals surface area contributed by atoms with E-state index in [9.17, 15) is 0 Å². The van der Waals surface area contributed by atoms with Gasteiger partial charge >= 0.3 is 0 Å². The predicted molar refractivity (Wildman–Crippen MR) is 75.5 cm³/mol. The third-order valence-corrected chi connectivity index (χ3v) is 4.54. The van der Waals surface area contributed by atoms with Gasteiger partial charge in [0.25, 0.3) is 0 Å². The van der Waals surface area contributed by atoms with Gasteiger partial charge in [-0.2, -0.15) is 5.26 Å². The summed E-state index contributed by atoms with van der Waals surface area (Å²) in [7, 11) is 0. The maximum Gasteiger partial charge on any atom is 0.163 e. The topological polar surface area (TPSA) is 62.5 Å². The van der Waals surface area contributed by atoms with E-state index in [2.05, 4.69) is 15.2 Å². The van der Waals surface area contributed by atoms with Gasteiger partial charge in [-0.05, 0) is 42.1 Å². The standard InChI is InChI=1S/C12H5ClN4S2/c13-7-1-3-10-9(5-7)15-12(18-10)19-11-4-2-8(6-14)16-17-11/h1-5H. The number of hydrogen-bond acceptors (Lipinski definition) is 6. The Labute approximate surface area is 122 Å². The first kappa shape index (κ1) is 12.4. The van der Waals surface area contributed by atoms with Crippen LogP contribution in [0.5, 0.6) is 0 Å². The fourth-order valence-electron chi connectivity index (χ4n) is 1.45. The summed E-state index contributed by atoms with van der Waals surface area (Å²) < 4.78 is 1.95. The molecule has 0 radical (unpaired) electrons. The van der Waals surface area contributed by atoms with Crippen LogP contribution < -0.4 is 0 Å². The molecule has 0 spiro atoms. The first-order chi connectivity index (χ1) is 9.24. The van der Waals surface area contributed by atoms with Gasteiger partial charge in [0.15, 0.2) is 10.0 Å². The number of hydrogen-bond donors (Lipinski definition) is 0. The molecule has 0 N–H and O–H groups in total. The van der Waals surface area contributed by atoms with Crippen molar-refractivity contribution in [2.75, 3.05) is 0 Å². The van der Waals surface area contributed by atoms with Crippen molar-refractivity contribution in [2.24, 2.45) is 0 Å². The molecule has 0 aliphatic carbocycles. The van der Waals surface area contributed by atoms with Gasteiger partial charge in [-0.25, -0.2) is 4.98 Å². The summed E-state index contributed by atoms with van der Waals surface area (Å²) in [6, 6.07) is 11.0. The van der Waals surface area contributed by atoms with E-state index in [1.807, 2.05) is 24.3 Å². The van der Waals surface area contributed by atoms with Crippen molar-refractivity contribution in [3.05, 3.63) is 41.0 Å². The number of aromatic nitrogens is 3.